The van der Waals surface area contributed by atoms with Crippen molar-refractivity contribution in [3.8, 4) is 0 Å². The molecule has 126 valence electrons. The Balaban J connectivity index is 1.86. The van der Waals surface area contributed by atoms with Crippen LogP contribution in [0, 0.1) is 13.8 Å². The molecule has 3 rings (SSSR count). The summed E-state index contributed by atoms with van der Waals surface area (Å²) in [4.78, 5) is 13.0. The number of para-hydroxylation sites is 1. The molecular weight excluding hydrogens is 308 g/mol. The fourth-order valence-electron chi connectivity index (χ4n) is 2.91. The predicted molar refractivity (Wildman–Crippen MR) is 104 cm³/mol. The average Bonchev–Trinajstić information content (AvgIpc) is 2.60. The molecule has 0 aliphatic carbocycles. The summed E-state index contributed by atoms with van der Waals surface area (Å²) in [6.07, 6.45) is 0. The molecule has 3 aromatic rings. The number of nitrogens with one attached hydrogen (secondary N) is 2. The minimum absolute atomic E-state index is 0.0833. The smallest absolute Gasteiger partial charge is 0.251 e. The van der Waals surface area contributed by atoms with Crippen molar-refractivity contribution in [2.45, 2.75) is 19.9 Å². The van der Waals surface area contributed by atoms with Crippen LogP contribution in [0.4, 0.5) is 11.4 Å². The maximum absolute atomic E-state index is 13.0. The van der Waals surface area contributed by atoms with Crippen LogP contribution in [0.2, 0.25) is 0 Å². The molecule has 0 saturated carbocycles. The zero-order chi connectivity index (χ0) is 17.6. The topological polar surface area (TPSA) is 41.1 Å². The van der Waals surface area contributed by atoms with E-state index in [9.17, 15) is 4.79 Å². The Labute approximate surface area is 148 Å². The van der Waals surface area contributed by atoms with Crippen LogP contribution in [0.3, 0.4) is 0 Å². The van der Waals surface area contributed by atoms with Gasteiger partial charge in [-0.05, 0) is 54.8 Å². The van der Waals surface area contributed by atoms with E-state index in [1.807, 2.05) is 86.6 Å². The molecule has 3 aromatic carbocycles. The molecule has 0 bridgehead atoms. The number of benzene rings is 3. The first-order valence-corrected chi connectivity index (χ1v) is 8.37. The average molecular weight is 330 g/mol. The van der Waals surface area contributed by atoms with Crippen molar-refractivity contribution >= 4 is 17.3 Å². The van der Waals surface area contributed by atoms with E-state index in [1.165, 1.54) is 0 Å². The molecule has 1 amide bonds. The van der Waals surface area contributed by atoms with Crippen LogP contribution in [-0.2, 0) is 4.79 Å². The van der Waals surface area contributed by atoms with Crippen LogP contribution >= 0.6 is 0 Å². The van der Waals surface area contributed by atoms with Gasteiger partial charge in [0.25, 0.3) is 5.91 Å². The predicted octanol–water partition coefficient (Wildman–Crippen LogP) is 5.10. The number of amides is 1. The summed E-state index contributed by atoms with van der Waals surface area (Å²) in [7, 11) is 0. The summed E-state index contributed by atoms with van der Waals surface area (Å²) in [5.74, 6) is -0.0833. The SMILES string of the molecule is Cc1cc(C)cc(NC(=O)[C@H](Nc2ccccc2)c2ccccc2)c1. The van der Waals surface area contributed by atoms with Gasteiger partial charge in [0, 0.05) is 11.4 Å². The fraction of sp³-hybridized carbons (Fsp3) is 0.136. The summed E-state index contributed by atoms with van der Waals surface area (Å²) in [6, 6.07) is 25.1. The number of carbonyl (C=O) groups is 1. The molecule has 0 spiro atoms. The van der Waals surface area contributed by atoms with E-state index in [1.54, 1.807) is 0 Å². The Morgan fingerprint density at radius 3 is 1.92 bits per heavy atom. The summed E-state index contributed by atoms with van der Waals surface area (Å²) in [5.41, 5.74) is 4.91. The summed E-state index contributed by atoms with van der Waals surface area (Å²) in [6.45, 7) is 4.05. The number of rotatable bonds is 5. The van der Waals surface area contributed by atoms with Gasteiger partial charge < -0.3 is 10.6 Å². The van der Waals surface area contributed by atoms with Crippen molar-refractivity contribution in [3.63, 3.8) is 0 Å². The number of anilines is 2. The quantitative estimate of drug-likeness (QED) is 0.684. The van der Waals surface area contributed by atoms with E-state index >= 15 is 0 Å². The molecule has 0 heterocycles. The molecule has 1 atom stereocenters. The van der Waals surface area contributed by atoms with Crippen LogP contribution in [0.1, 0.15) is 22.7 Å². The van der Waals surface area contributed by atoms with Gasteiger partial charge in [-0.15, -0.1) is 0 Å². The zero-order valence-electron chi connectivity index (χ0n) is 14.5. The molecule has 0 radical (unpaired) electrons. The van der Waals surface area contributed by atoms with E-state index in [-0.39, 0.29) is 5.91 Å². The van der Waals surface area contributed by atoms with E-state index < -0.39 is 6.04 Å². The van der Waals surface area contributed by atoms with Gasteiger partial charge in [-0.3, -0.25) is 4.79 Å². The highest BCUT2D eigenvalue weighted by Crippen LogP contribution is 2.22. The van der Waals surface area contributed by atoms with Crippen LogP contribution in [0.15, 0.2) is 78.9 Å². The monoisotopic (exact) mass is 330 g/mol. The largest absolute Gasteiger partial charge is 0.370 e. The normalized spacial score (nSPS) is 11.6. The molecule has 0 aromatic heterocycles. The van der Waals surface area contributed by atoms with Gasteiger partial charge in [0.2, 0.25) is 0 Å². The van der Waals surface area contributed by atoms with Gasteiger partial charge >= 0.3 is 0 Å². The van der Waals surface area contributed by atoms with Crippen LogP contribution in [0.25, 0.3) is 0 Å². The molecular formula is C22H22N2O. The second kappa shape index (κ2) is 7.67. The highest BCUT2D eigenvalue weighted by Gasteiger charge is 2.20. The highest BCUT2D eigenvalue weighted by molar-refractivity contribution is 5.97. The minimum atomic E-state index is -0.468. The zero-order valence-corrected chi connectivity index (χ0v) is 14.5. The van der Waals surface area contributed by atoms with Gasteiger partial charge in [-0.25, -0.2) is 0 Å². The number of hydrogen-bond donors (Lipinski definition) is 2. The fourth-order valence-corrected chi connectivity index (χ4v) is 2.91. The number of carbonyl (C=O) groups excluding carboxylic acids is 1. The van der Waals surface area contributed by atoms with Crippen molar-refractivity contribution in [3.05, 3.63) is 95.6 Å². The molecule has 0 aliphatic rings. The van der Waals surface area contributed by atoms with E-state index in [2.05, 4.69) is 16.7 Å². The summed E-state index contributed by atoms with van der Waals surface area (Å²) in [5, 5.41) is 6.37. The lowest BCUT2D eigenvalue weighted by Gasteiger charge is -2.20. The van der Waals surface area contributed by atoms with Crippen LogP contribution in [0.5, 0.6) is 0 Å². The molecule has 3 heteroatoms. The second-order valence-electron chi connectivity index (χ2n) is 6.22. The van der Waals surface area contributed by atoms with Gasteiger partial charge in [0.05, 0.1) is 0 Å². The third kappa shape index (κ3) is 4.48. The Morgan fingerprint density at radius 1 is 0.760 bits per heavy atom. The van der Waals surface area contributed by atoms with Crippen molar-refractivity contribution in [1.82, 2.24) is 0 Å². The number of aryl methyl sites for hydroxylation is 2. The molecule has 0 aliphatic heterocycles. The maximum atomic E-state index is 13.0. The second-order valence-corrected chi connectivity index (χ2v) is 6.22. The molecule has 3 nitrogen and oxygen atoms in total. The Morgan fingerprint density at radius 2 is 1.32 bits per heavy atom. The maximum Gasteiger partial charge on any atom is 0.251 e. The van der Waals surface area contributed by atoms with Crippen LogP contribution in [-0.4, -0.2) is 5.91 Å². The molecule has 0 fully saturated rings. The van der Waals surface area contributed by atoms with Crippen molar-refractivity contribution in [2.24, 2.45) is 0 Å². The Hall–Kier alpha value is -3.07. The number of hydrogen-bond acceptors (Lipinski definition) is 2. The van der Waals surface area contributed by atoms with Gasteiger partial charge in [-0.2, -0.15) is 0 Å². The third-order valence-corrected chi connectivity index (χ3v) is 3.97. The molecule has 0 unspecified atom stereocenters. The van der Waals surface area contributed by atoms with Crippen molar-refractivity contribution in [1.29, 1.82) is 0 Å². The van der Waals surface area contributed by atoms with Crippen molar-refractivity contribution in [2.75, 3.05) is 10.6 Å². The molecule has 2 N–H and O–H groups in total. The van der Waals surface area contributed by atoms with E-state index in [4.69, 9.17) is 0 Å². The lowest BCUT2D eigenvalue weighted by atomic mass is 10.0. The first-order chi connectivity index (χ1) is 12.1. The highest BCUT2D eigenvalue weighted by atomic mass is 16.2. The summed E-state index contributed by atoms with van der Waals surface area (Å²) < 4.78 is 0. The standard InChI is InChI=1S/C22H22N2O/c1-16-13-17(2)15-20(14-16)24-22(25)21(18-9-5-3-6-10-18)23-19-11-7-4-8-12-19/h3-15,21,23H,1-2H3,(H,24,25)/t21-/m1/s1. The molecule has 25 heavy (non-hydrogen) atoms. The van der Waals surface area contributed by atoms with Gasteiger partial charge in [0.1, 0.15) is 6.04 Å². The van der Waals surface area contributed by atoms with Crippen molar-refractivity contribution < 1.29 is 4.79 Å². The third-order valence-electron chi connectivity index (χ3n) is 3.97. The van der Waals surface area contributed by atoms with E-state index in [0.717, 1.165) is 28.1 Å². The lowest BCUT2D eigenvalue weighted by Crippen LogP contribution is -2.27. The first kappa shape index (κ1) is 16.8. The van der Waals surface area contributed by atoms with E-state index in [0.29, 0.717) is 0 Å². The first-order valence-electron chi connectivity index (χ1n) is 8.37. The van der Waals surface area contributed by atoms with Gasteiger partial charge in [0.15, 0.2) is 0 Å². The van der Waals surface area contributed by atoms with Crippen LogP contribution < -0.4 is 10.6 Å². The van der Waals surface area contributed by atoms with Gasteiger partial charge in [-0.1, -0.05) is 54.6 Å². The Kier molecular flexibility index (Phi) is 5.14. The lowest BCUT2D eigenvalue weighted by molar-refractivity contribution is -0.117. The Bertz CT molecular complexity index is 824. The molecule has 0 saturated heterocycles. The summed E-state index contributed by atoms with van der Waals surface area (Å²) >= 11 is 0. The minimum Gasteiger partial charge on any atom is -0.370 e.